The van der Waals surface area contributed by atoms with Crippen molar-refractivity contribution in [2.75, 3.05) is 7.11 Å². The van der Waals surface area contributed by atoms with E-state index in [-0.39, 0.29) is 6.10 Å². The van der Waals surface area contributed by atoms with Crippen molar-refractivity contribution in [2.45, 2.75) is 12.5 Å². The molecule has 11 heavy (non-hydrogen) atoms. The van der Waals surface area contributed by atoms with Gasteiger partial charge >= 0.3 is 0 Å². The Kier molecular flexibility index (Phi) is 2.86. The van der Waals surface area contributed by atoms with Crippen molar-refractivity contribution in [1.82, 2.24) is 0 Å². The molecule has 0 aromatic rings. The maximum Gasteiger partial charge on any atom is 0.0790 e. The zero-order chi connectivity index (χ0) is 8.10. The molecule has 1 aliphatic rings. The third kappa shape index (κ3) is 2.20. The van der Waals surface area contributed by atoms with E-state index in [1.807, 2.05) is 18.2 Å². The van der Waals surface area contributed by atoms with Gasteiger partial charge in [0.25, 0.3) is 0 Å². The summed E-state index contributed by atoms with van der Waals surface area (Å²) in [4.78, 5) is 0. The molecule has 1 aliphatic carbocycles. The van der Waals surface area contributed by atoms with E-state index < -0.39 is 0 Å². The van der Waals surface area contributed by atoms with Crippen LogP contribution in [0, 0.1) is 0 Å². The van der Waals surface area contributed by atoms with Crippen molar-refractivity contribution < 1.29 is 9.94 Å². The van der Waals surface area contributed by atoms with Crippen LogP contribution in [0.5, 0.6) is 0 Å². The predicted molar refractivity (Wildman–Crippen MR) is 42.9 cm³/mol. The van der Waals surface area contributed by atoms with Gasteiger partial charge in [-0.25, -0.2) is 0 Å². The first-order valence-electron chi connectivity index (χ1n) is 3.45. The number of oxime groups is 1. The summed E-state index contributed by atoms with van der Waals surface area (Å²) in [5, 5.41) is 11.1. The Labute approximate surface area is 65.7 Å². The van der Waals surface area contributed by atoms with Gasteiger partial charge in [-0.15, -0.1) is 0 Å². The minimum Gasteiger partial charge on any atom is -0.411 e. The highest BCUT2D eigenvalue weighted by Gasteiger charge is 2.04. The van der Waals surface area contributed by atoms with E-state index in [1.54, 1.807) is 7.11 Å². The topological polar surface area (TPSA) is 41.8 Å². The van der Waals surface area contributed by atoms with Crippen LogP contribution in [-0.4, -0.2) is 24.6 Å². The predicted octanol–water partition coefficient (Wildman–Crippen LogP) is 1.35. The SMILES string of the molecule is COC1C=CC(C=NO)=CC1. The van der Waals surface area contributed by atoms with E-state index in [4.69, 9.17) is 9.94 Å². The van der Waals surface area contributed by atoms with E-state index in [0.717, 1.165) is 12.0 Å². The van der Waals surface area contributed by atoms with E-state index in [2.05, 4.69) is 5.16 Å². The van der Waals surface area contributed by atoms with Crippen LogP contribution in [0.2, 0.25) is 0 Å². The second-order valence-electron chi connectivity index (χ2n) is 2.32. The van der Waals surface area contributed by atoms with Gasteiger partial charge in [0.1, 0.15) is 0 Å². The standard InChI is InChI=1S/C8H11NO2/c1-11-8-4-2-7(3-5-8)6-9-10/h2-4,6,8,10H,5H2,1H3. The van der Waals surface area contributed by atoms with Crippen LogP contribution >= 0.6 is 0 Å². The molecule has 1 unspecified atom stereocenters. The molecule has 0 aromatic heterocycles. The third-order valence-corrected chi connectivity index (χ3v) is 1.60. The van der Waals surface area contributed by atoms with Crippen molar-refractivity contribution in [3.63, 3.8) is 0 Å². The quantitative estimate of drug-likeness (QED) is 0.369. The highest BCUT2D eigenvalue weighted by atomic mass is 16.5. The summed E-state index contributed by atoms with van der Waals surface area (Å²) in [6, 6.07) is 0. The molecule has 0 bridgehead atoms. The van der Waals surface area contributed by atoms with Crippen LogP contribution in [0.3, 0.4) is 0 Å². The van der Waals surface area contributed by atoms with Crippen LogP contribution in [0.25, 0.3) is 0 Å². The Bertz CT molecular complexity index is 206. The number of rotatable bonds is 2. The van der Waals surface area contributed by atoms with Crippen LogP contribution in [0.1, 0.15) is 6.42 Å². The smallest absolute Gasteiger partial charge is 0.0790 e. The number of methoxy groups -OCH3 is 1. The molecule has 0 aliphatic heterocycles. The van der Waals surface area contributed by atoms with Crippen LogP contribution in [-0.2, 0) is 4.74 Å². The fraction of sp³-hybridized carbons (Fsp3) is 0.375. The molecule has 1 N–H and O–H groups in total. The largest absolute Gasteiger partial charge is 0.411 e. The van der Waals surface area contributed by atoms with Gasteiger partial charge < -0.3 is 9.94 Å². The summed E-state index contributed by atoms with van der Waals surface area (Å²) in [6.45, 7) is 0. The van der Waals surface area contributed by atoms with Gasteiger partial charge in [-0.05, 0) is 12.0 Å². The first-order valence-corrected chi connectivity index (χ1v) is 3.45. The fourth-order valence-electron chi connectivity index (χ4n) is 0.954. The molecule has 0 saturated heterocycles. The third-order valence-electron chi connectivity index (χ3n) is 1.60. The van der Waals surface area contributed by atoms with Crippen LogP contribution < -0.4 is 0 Å². The number of hydrogen-bond acceptors (Lipinski definition) is 3. The molecule has 0 heterocycles. The second kappa shape index (κ2) is 3.93. The summed E-state index contributed by atoms with van der Waals surface area (Å²) in [6.07, 6.45) is 8.20. The highest BCUT2D eigenvalue weighted by Crippen LogP contribution is 2.10. The molecule has 0 radical (unpaired) electrons. The lowest BCUT2D eigenvalue weighted by Crippen LogP contribution is -2.08. The van der Waals surface area contributed by atoms with E-state index in [9.17, 15) is 0 Å². The minimum absolute atomic E-state index is 0.172. The molecule has 3 nitrogen and oxygen atoms in total. The van der Waals surface area contributed by atoms with Crippen molar-refractivity contribution in [1.29, 1.82) is 0 Å². The van der Waals surface area contributed by atoms with Crippen molar-refractivity contribution in [2.24, 2.45) is 5.16 Å². The van der Waals surface area contributed by atoms with Gasteiger partial charge in [-0.1, -0.05) is 23.4 Å². The Morgan fingerprint density at radius 1 is 1.82 bits per heavy atom. The molecule has 3 heteroatoms. The lowest BCUT2D eigenvalue weighted by Gasteiger charge is -2.11. The molecule has 0 fully saturated rings. The lowest BCUT2D eigenvalue weighted by molar-refractivity contribution is 0.142. The summed E-state index contributed by atoms with van der Waals surface area (Å²) in [5.74, 6) is 0. The van der Waals surface area contributed by atoms with Crippen molar-refractivity contribution in [3.8, 4) is 0 Å². The monoisotopic (exact) mass is 153 g/mol. The number of ether oxygens (including phenoxy) is 1. The fourth-order valence-corrected chi connectivity index (χ4v) is 0.954. The molecule has 0 amide bonds. The Hall–Kier alpha value is -1.09. The normalized spacial score (nSPS) is 24.1. The summed E-state index contributed by atoms with van der Waals surface area (Å²) in [7, 11) is 1.67. The second-order valence-corrected chi connectivity index (χ2v) is 2.32. The molecule has 1 rings (SSSR count). The zero-order valence-corrected chi connectivity index (χ0v) is 6.40. The van der Waals surface area contributed by atoms with Gasteiger partial charge in [-0.3, -0.25) is 0 Å². The minimum atomic E-state index is 0.172. The van der Waals surface area contributed by atoms with Gasteiger partial charge in [0.15, 0.2) is 0 Å². The van der Waals surface area contributed by atoms with Gasteiger partial charge in [-0.2, -0.15) is 0 Å². The van der Waals surface area contributed by atoms with Gasteiger partial charge in [0.05, 0.1) is 12.3 Å². The Balaban J connectivity index is 2.52. The zero-order valence-electron chi connectivity index (χ0n) is 6.40. The highest BCUT2D eigenvalue weighted by molar-refractivity contribution is 5.82. The van der Waals surface area contributed by atoms with E-state index in [0.29, 0.717) is 0 Å². The first-order chi connectivity index (χ1) is 5.36. The summed E-state index contributed by atoms with van der Waals surface area (Å²) in [5.41, 5.74) is 0.917. The molecule has 60 valence electrons. The molecule has 0 spiro atoms. The van der Waals surface area contributed by atoms with Crippen LogP contribution in [0.15, 0.2) is 29.0 Å². The van der Waals surface area contributed by atoms with Crippen molar-refractivity contribution in [3.05, 3.63) is 23.8 Å². The van der Waals surface area contributed by atoms with E-state index in [1.165, 1.54) is 6.21 Å². The molecule has 0 saturated carbocycles. The Morgan fingerprint density at radius 3 is 3.09 bits per heavy atom. The molecular weight excluding hydrogens is 142 g/mol. The van der Waals surface area contributed by atoms with E-state index >= 15 is 0 Å². The average molecular weight is 153 g/mol. The van der Waals surface area contributed by atoms with Crippen LogP contribution in [0.4, 0.5) is 0 Å². The maximum absolute atomic E-state index is 8.21. The van der Waals surface area contributed by atoms with Gasteiger partial charge in [0, 0.05) is 7.11 Å². The summed E-state index contributed by atoms with van der Waals surface area (Å²) < 4.78 is 5.08. The Morgan fingerprint density at radius 2 is 2.64 bits per heavy atom. The average Bonchev–Trinajstić information content (AvgIpc) is 2.07. The molecule has 0 aromatic carbocycles. The van der Waals surface area contributed by atoms with Gasteiger partial charge in [0.2, 0.25) is 0 Å². The molecule has 1 atom stereocenters. The first kappa shape index (κ1) is 8.01. The number of hydrogen-bond donors (Lipinski definition) is 1. The van der Waals surface area contributed by atoms with Crippen molar-refractivity contribution >= 4 is 6.21 Å². The lowest BCUT2D eigenvalue weighted by atomic mass is 10.1. The summed E-state index contributed by atoms with van der Waals surface area (Å²) >= 11 is 0. The number of nitrogens with zero attached hydrogens (tertiary/aromatic N) is 1. The number of allylic oxidation sites excluding steroid dienone is 2. The maximum atomic E-state index is 8.21. The molecular formula is C8H11NO2.